The maximum atomic E-state index is 4.57. The van der Waals surface area contributed by atoms with Gasteiger partial charge >= 0.3 is 0 Å². The first kappa shape index (κ1) is 12.9. The number of thioether (sulfide) groups is 1. The molecule has 1 aliphatic heterocycles. The average Bonchev–Trinajstić information content (AvgIpc) is 2.93. The van der Waals surface area contributed by atoms with E-state index >= 15 is 0 Å². The maximum Gasteiger partial charge on any atom is 0.0705 e. The molecule has 1 N–H and O–H groups in total. The summed E-state index contributed by atoms with van der Waals surface area (Å²) in [5.41, 5.74) is 3.56. The highest BCUT2D eigenvalue weighted by Crippen LogP contribution is 2.36. The van der Waals surface area contributed by atoms with E-state index in [9.17, 15) is 0 Å². The summed E-state index contributed by atoms with van der Waals surface area (Å²) in [5, 5.41) is 5.45. The zero-order chi connectivity index (χ0) is 13.2. The monoisotopic (exact) mass is 272 g/mol. The summed E-state index contributed by atoms with van der Waals surface area (Å²) < 4.78 is 0. The third kappa shape index (κ3) is 2.63. The molecule has 100 valence electrons. The molecule has 0 radical (unpaired) electrons. The molecule has 0 aliphatic carbocycles. The maximum absolute atomic E-state index is 4.57. The number of fused-ring (bicyclic) bond motifs is 1. The molecule has 1 aromatic heterocycles. The molecule has 2 nitrogen and oxygen atoms in total. The Bertz CT molecular complexity index is 576. The Kier molecular flexibility index (Phi) is 3.76. The Morgan fingerprint density at radius 2 is 2.21 bits per heavy atom. The van der Waals surface area contributed by atoms with Crippen LogP contribution in [0.1, 0.15) is 30.1 Å². The summed E-state index contributed by atoms with van der Waals surface area (Å²) in [6, 6.07) is 11.4. The molecule has 0 saturated carbocycles. The summed E-state index contributed by atoms with van der Waals surface area (Å²) in [6.45, 7) is 2.04. The molecule has 3 heteroatoms. The quantitative estimate of drug-likeness (QED) is 0.922. The highest BCUT2D eigenvalue weighted by atomic mass is 32.2. The van der Waals surface area contributed by atoms with Gasteiger partial charge in [0.15, 0.2) is 0 Å². The number of hydrogen-bond donors (Lipinski definition) is 1. The van der Waals surface area contributed by atoms with Crippen LogP contribution < -0.4 is 5.32 Å². The number of aromatic nitrogens is 1. The number of hydrogen-bond acceptors (Lipinski definition) is 3. The van der Waals surface area contributed by atoms with Crippen molar-refractivity contribution >= 4 is 22.7 Å². The van der Waals surface area contributed by atoms with E-state index in [0.717, 1.165) is 11.2 Å². The minimum absolute atomic E-state index is 0.457. The first-order valence-corrected chi connectivity index (χ1v) is 7.99. The minimum Gasteiger partial charge on any atom is -0.312 e. The molecule has 1 saturated heterocycles. The fourth-order valence-corrected chi connectivity index (χ4v) is 4.33. The van der Waals surface area contributed by atoms with Gasteiger partial charge in [0.2, 0.25) is 0 Å². The summed E-state index contributed by atoms with van der Waals surface area (Å²) in [7, 11) is 2.07. The molecule has 3 rings (SSSR count). The van der Waals surface area contributed by atoms with Gasteiger partial charge in [0.1, 0.15) is 0 Å². The topological polar surface area (TPSA) is 24.9 Å². The van der Waals surface area contributed by atoms with Crippen molar-refractivity contribution in [2.45, 2.75) is 31.1 Å². The molecule has 0 amide bonds. The van der Waals surface area contributed by atoms with E-state index in [2.05, 4.69) is 59.4 Å². The number of nitrogens with zero attached hydrogens (tertiary/aromatic N) is 1. The third-order valence-electron chi connectivity index (χ3n) is 3.86. The van der Waals surface area contributed by atoms with Crippen molar-refractivity contribution in [1.82, 2.24) is 10.3 Å². The van der Waals surface area contributed by atoms with Crippen LogP contribution >= 0.6 is 11.8 Å². The first-order valence-electron chi connectivity index (χ1n) is 6.94. The van der Waals surface area contributed by atoms with E-state index in [4.69, 9.17) is 0 Å². The Hall–Kier alpha value is -1.06. The molecule has 1 aromatic carbocycles. The van der Waals surface area contributed by atoms with Crippen LogP contribution in [0, 0.1) is 6.92 Å². The minimum atomic E-state index is 0.457. The lowest BCUT2D eigenvalue weighted by molar-refractivity contribution is 0.552. The van der Waals surface area contributed by atoms with E-state index < -0.39 is 0 Å². The van der Waals surface area contributed by atoms with Crippen LogP contribution in [-0.4, -0.2) is 23.0 Å². The van der Waals surface area contributed by atoms with E-state index in [1.54, 1.807) is 0 Å². The van der Waals surface area contributed by atoms with Crippen LogP contribution in [0.4, 0.5) is 0 Å². The van der Waals surface area contributed by atoms with Crippen LogP contribution in [0.15, 0.2) is 30.3 Å². The van der Waals surface area contributed by atoms with E-state index in [1.165, 1.54) is 29.5 Å². The van der Waals surface area contributed by atoms with Crippen LogP contribution in [0.5, 0.6) is 0 Å². The number of rotatable bonds is 3. The molecule has 2 heterocycles. The Morgan fingerprint density at radius 3 is 2.95 bits per heavy atom. The standard InChI is InChI=1S/C16H20N2S/c1-11-5-6-12-10-13(7-8-14(12)18-11)16(17-2)15-4-3-9-19-15/h5-8,10,15-17H,3-4,9H2,1-2H3. The van der Waals surface area contributed by atoms with Gasteiger partial charge in [0.25, 0.3) is 0 Å². The van der Waals surface area contributed by atoms with Crippen molar-refractivity contribution in [1.29, 1.82) is 0 Å². The van der Waals surface area contributed by atoms with E-state index in [1.807, 2.05) is 6.92 Å². The second-order valence-corrected chi connectivity index (χ2v) is 6.57. The van der Waals surface area contributed by atoms with Crippen LogP contribution in [0.3, 0.4) is 0 Å². The van der Waals surface area contributed by atoms with E-state index in [-0.39, 0.29) is 0 Å². The predicted molar refractivity (Wildman–Crippen MR) is 83.8 cm³/mol. The average molecular weight is 272 g/mol. The predicted octanol–water partition coefficient (Wildman–Crippen LogP) is 3.70. The molecule has 1 aliphatic rings. The molecular weight excluding hydrogens is 252 g/mol. The zero-order valence-electron chi connectivity index (χ0n) is 11.5. The lowest BCUT2D eigenvalue weighted by Crippen LogP contribution is -2.25. The van der Waals surface area contributed by atoms with Crippen molar-refractivity contribution in [3.05, 3.63) is 41.6 Å². The van der Waals surface area contributed by atoms with Crippen LogP contribution in [-0.2, 0) is 0 Å². The first-order chi connectivity index (χ1) is 9.28. The zero-order valence-corrected chi connectivity index (χ0v) is 12.3. The van der Waals surface area contributed by atoms with Gasteiger partial charge in [-0.3, -0.25) is 4.98 Å². The highest BCUT2D eigenvalue weighted by molar-refractivity contribution is 8.00. The Morgan fingerprint density at radius 1 is 1.32 bits per heavy atom. The van der Waals surface area contributed by atoms with Gasteiger partial charge in [-0.25, -0.2) is 0 Å². The number of pyridine rings is 1. The molecule has 2 aromatic rings. The molecular formula is C16H20N2S. The SMILES string of the molecule is CNC(c1ccc2nc(C)ccc2c1)C1CCCS1. The van der Waals surface area contributed by atoms with Crippen molar-refractivity contribution in [2.75, 3.05) is 12.8 Å². The van der Waals surface area contributed by atoms with Crippen molar-refractivity contribution < 1.29 is 0 Å². The third-order valence-corrected chi connectivity index (χ3v) is 5.32. The fourth-order valence-electron chi connectivity index (χ4n) is 2.87. The van der Waals surface area contributed by atoms with Crippen molar-refractivity contribution in [2.24, 2.45) is 0 Å². The van der Waals surface area contributed by atoms with Crippen LogP contribution in [0.2, 0.25) is 0 Å². The molecule has 0 bridgehead atoms. The van der Waals surface area contributed by atoms with Gasteiger partial charge in [-0.05, 0) is 56.3 Å². The summed E-state index contributed by atoms with van der Waals surface area (Å²) in [4.78, 5) is 4.57. The normalized spacial score (nSPS) is 20.8. The smallest absolute Gasteiger partial charge is 0.0705 e. The fraction of sp³-hybridized carbons (Fsp3) is 0.438. The lowest BCUT2D eigenvalue weighted by Gasteiger charge is -2.23. The van der Waals surface area contributed by atoms with Gasteiger partial charge in [-0.15, -0.1) is 0 Å². The second-order valence-electron chi connectivity index (χ2n) is 5.22. The summed E-state index contributed by atoms with van der Waals surface area (Å²) in [6.07, 6.45) is 2.67. The van der Waals surface area contributed by atoms with Gasteiger partial charge in [0.05, 0.1) is 5.52 Å². The molecule has 1 fully saturated rings. The van der Waals surface area contributed by atoms with E-state index in [0.29, 0.717) is 11.3 Å². The Balaban J connectivity index is 1.96. The number of benzene rings is 1. The molecule has 0 spiro atoms. The molecule has 19 heavy (non-hydrogen) atoms. The number of aryl methyl sites for hydroxylation is 1. The van der Waals surface area contributed by atoms with Crippen LogP contribution in [0.25, 0.3) is 10.9 Å². The van der Waals surface area contributed by atoms with Gasteiger partial charge in [0, 0.05) is 22.4 Å². The van der Waals surface area contributed by atoms with Crippen molar-refractivity contribution in [3.8, 4) is 0 Å². The largest absolute Gasteiger partial charge is 0.312 e. The van der Waals surface area contributed by atoms with Gasteiger partial charge < -0.3 is 5.32 Å². The summed E-state index contributed by atoms with van der Waals surface area (Å²) in [5.74, 6) is 1.30. The number of nitrogens with one attached hydrogen (secondary N) is 1. The Labute approximate surface area is 119 Å². The molecule has 2 unspecified atom stereocenters. The highest BCUT2D eigenvalue weighted by Gasteiger charge is 2.25. The van der Waals surface area contributed by atoms with Gasteiger partial charge in [-0.2, -0.15) is 11.8 Å². The molecule has 2 atom stereocenters. The summed E-state index contributed by atoms with van der Waals surface area (Å²) >= 11 is 2.10. The van der Waals surface area contributed by atoms with Crippen molar-refractivity contribution in [3.63, 3.8) is 0 Å². The lowest BCUT2D eigenvalue weighted by atomic mass is 9.99. The van der Waals surface area contributed by atoms with Gasteiger partial charge in [-0.1, -0.05) is 12.1 Å². The second kappa shape index (κ2) is 5.51.